The minimum atomic E-state index is 0. The Morgan fingerprint density at radius 1 is 1.25 bits per heavy atom. The number of benzene rings is 1. The number of anilines is 1. The molecule has 0 unspecified atom stereocenters. The third kappa shape index (κ3) is 2.66. The topological polar surface area (TPSA) is 12.0 Å². The van der Waals surface area contributed by atoms with Crippen LogP contribution in [0.25, 0.3) is 0 Å². The van der Waals surface area contributed by atoms with Crippen molar-refractivity contribution in [2.75, 3.05) is 11.9 Å². The second-order valence-electron chi connectivity index (χ2n) is 2.33. The largest absolute Gasteiger partial charge is 0.384 e. The normalized spacial score (nSPS) is 11.5. The molecule has 1 aromatic carbocycles. The molecule has 0 saturated heterocycles. The van der Waals surface area contributed by atoms with Crippen LogP contribution in [0, 0.1) is 0 Å². The number of nitrogens with one attached hydrogen (secondary N) is 1. The van der Waals surface area contributed by atoms with Gasteiger partial charge in [0.2, 0.25) is 0 Å². The summed E-state index contributed by atoms with van der Waals surface area (Å²) in [6, 6.07) is 8.46. The number of hydrogen-bond acceptors (Lipinski definition) is 1. The molecule has 1 aromatic rings. The molecule has 1 N–H and O–H groups in total. The van der Waals surface area contributed by atoms with Gasteiger partial charge in [0.05, 0.1) is 0 Å². The van der Waals surface area contributed by atoms with E-state index in [0.717, 1.165) is 6.54 Å². The molecule has 12 heavy (non-hydrogen) atoms. The van der Waals surface area contributed by atoms with Crippen LogP contribution >= 0.6 is 24.0 Å². The maximum atomic E-state index is 3.30. The lowest BCUT2D eigenvalue weighted by Gasteiger charge is -1.94. The molecule has 0 atom stereocenters. The van der Waals surface area contributed by atoms with Crippen molar-refractivity contribution in [2.45, 2.75) is 20.3 Å². The van der Waals surface area contributed by atoms with Crippen LogP contribution in [0.3, 0.4) is 0 Å². The van der Waals surface area contributed by atoms with E-state index in [4.69, 9.17) is 0 Å². The predicted octanol–water partition coefficient (Wildman–Crippen LogP) is 3.54. The number of hydrogen-bond donors (Lipinski definition) is 1. The molecule has 0 fully saturated rings. The van der Waals surface area contributed by atoms with Gasteiger partial charge < -0.3 is 5.32 Å². The van der Waals surface area contributed by atoms with Crippen LogP contribution < -0.4 is 5.32 Å². The van der Waals surface area contributed by atoms with Crippen LogP contribution in [0.4, 0.5) is 5.69 Å². The van der Waals surface area contributed by atoms with Crippen LogP contribution in [0.2, 0.25) is 0 Å². The third-order valence-electron chi connectivity index (χ3n) is 1.73. The zero-order valence-corrected chi connectivity index (χ0v) is 9.96. The van der Waals surface area contributed by atoms with Gasteiger partial charge in [-0.15, -0.1) is 24.0 Å². The van der Waals surface area contributed by atoms with E-state index in [-0.39, 0.29) is 25.4 Å². The van der Waals surface area contributed by atoms with E-state index in [1.54, 1.807) is 0 Å². The predicted molar refractivity (Wildman–Crippen MR) is 67.5 cm³/mol. The maximum absolute atomic E-state index is 3.30. The van der Waals surface area contributed by atoms with E-state index in [1.165, 1.54) is 17.7 Å². The van der Waals surface area contributed by atoms with Gasteiger partial charge >= 0.3 is 0 Å². The third-order valence-corrected chi connectivity index (χ3v) is 1.73. The number of rotatable bonds is 0. The van der Waals surface area contributed by atoms with Gasteiger partial charge in [-0.05, 0) is 18.1 Å². The van der Waals surface area contributed by atoms with E-state index in [2.05, 4.69) is 29.6 Å². The zero-order chi connectivity index (χ0) is 8.10. The van der Waals surface area contributed by atoms with Gasteiger partial charge in [-0.2, -0.15) is 0 Å². The summed E-state index contributed by atoms with van der Waals surface area (Å²) in [5.74, 6) is 0. The van der Waals surface area contributed by atoms with E-state index in [0.29, 0.717) is 0 Å². The standard InChI is InChI=1S/C8H9N.C2H6.HI.H2/c1-2-4-8-7(3-1)5-6-9-8;1-2;;/h1-4,9H,5-6H2;1-2H3;2*1H. The molecular formula is C10H18IN. The Hall–Kier alpha value is -0.250. The summed E-state index contributed by atoms with van der Waals surface area (Å²) in [5.41, 5.74) is 2.77. The highest BCUT2D eigenvalue weighted by Crippen LogP contribution is 2.19. The molecule has 0 aromatic heterocycles. The quantitative estimate of drug-likeness (QED) is 0.716. The first-order valence-corrected chi connectivity index (χ1v) is 4.28. The average molecular weight is 279 g/mol. The molecule has 0 spiro atoms. The van der Waals surface area contributed by atoms with Gasteiger partial charge in [0.15, 0.2) is 0 Å². The van der Waals surface area contributed by atoms with Crippen LogP contribution in [0.1, 0.15) is 20.8 Å². The van der Waals surface area contributed by atoms with E-state index < -0.39 is 0 Å². The fourth-order valence-electron chi connectivity index (χ4n) is 1.24. The van der Waals surface area contributed by atoms with Crippen molar-refractivity contribution in [1.29, 1.82) is 0 Å². The summed E-state index contributed by atoms with van der Waals surface area (Å²) < 4.78 is 0. The smallest absolute Gasteiger partial charge is 0.0373 e. The fraction of sp³-hybridized carbons (Fsp3) is 0.400. The molecule has 0 aliphatic carbocycles. The molecule has 0 radical (unpaired) electrons. The van der Waals surface area contributed by atoms with Crippen molar-refractivity contribution in [1.82, 2.24) is 0 Å². The molecule has 1 heterocycles. The Morgan fingerprint density at radius 3 is 2.58 bits per heavy atom. The van der Waals surface area contributed by atoms with Gasteiger partial charge in [0, 0.05) is 13.7 Å². The van der Waals surface area contributed by atoms with Crippen molar-refractivity contribution in [3.8, 4) is 0 Å². The summed E-state index contributed by atoms with van der Waals surface area (Å²) in [6.45, 7) is 5.11. The minimum absolute atomic E-state index is 0. The van der Waals surface area contributed by atoms with Crippen LogP contribution in [0.5, 0.6) is 0 Å². The molecule has 2 heteroatoms. The fourth-order valence-corrected chi connectivity index (χ4v) is 1.24. The highest BCUT2D eigenvalue weighted by atomic mass is 127. The summed E-state index contributed by atoms with van der Waals surface area (Å²) in [5, 5.41) is 3.30. The highest BCUT2D eigenvalue weighted by molar-refractivity contribution is 14.0. The lowest BCUT2D eigenvalue weighted by molar-refractivity contribution is 1.11. The molecule has 1 aliphatic heterocycles. The number of halogens is 1. The van der Waals surface area contributed by atoms with Crippen molar-refractivity contribution in [2.24, 2.45) is 0 Å². The molecule has 0 saturated carbocycles. The van der Waals surface area contributed by atoms with Crippen molar-refractivity contribution < 1.29 is 1.43 Å². The molecule has 1 nitrogen and oxygen atoms in total. The maximum Gasteiger partial charge on any atom is 0.0373 e. The molecule has 70 valence electrons. The number of fused-ring (bicyclic) bond motifs is 1. The Kier molecular flexibility index (Phi) is 6.16. The van der Waals surface area contributed by atoms with Crippen molar-refractivity contribution in [3.05, 3.63) is 29.8 Å². The van der Waals surface area contributed by atoms with Crippen molar-refractivity contribution >= 4 is 29.7 Å². The summed E-state index contributed by atoms with van der Waals surface area (Å²) >= 11 is 0. The molecule has 0 amide bonds. The minimum Gasteiger partial charge on any atom is -0.384 e. The second kappa shape index (κ2) is 6.29. The first-order chi connectivity index (χ1) is 5.47. The van der Waals surface area contributed by atoms with Crippen LogP contribution in [-0.4, -0.2) is 6.54 Å². The van der Waals surface area contributed by atoms with Crippen LogP contribution in [-0.2, 0) is 6.42 Å². The van der Waals surface area contributed by atoms with Crippen LogP contribution in [0.15, 0.2) is 24.3 Å². The summed E-state index contributed by atoms with van der Waals surface area (Å²) in [7, 11) is 0. The zero-order valence-electron chi connectivity index (χ0n) is 7.63. The van der Waals surface area contributed by atoms with Gasteiger partial charge in [0.25, 0.3) is 0 Å². The SMILES string of the molecule is CC.I.[HH].c1ccc2c(c1)CCN2. The number of para-hydroxylation sites is 1. The van der Waals surface area contributed by atoms with Gasteiger partial charge in [-0.25, -0.2) is 0 Å². The molecule has 0 bridgehead atoms. The summed E-state index contributed by atoms with van der Waals surface area (Å²) in [4.78, 5) is 0. The summed E-state index contributed by atoms with van der Waals surface area (Å²) in [6.07, 6.45) is 1.19. The first-order valence-electron chi connectivity index (χ1n) is 4.28. The molecular weight excluding hydrogens is 261 g/mol. The highest BCUT2D eigenvalue weighted by Gasteiger charge is 2.05. The average Bonchev–Trinajstić information content (AvgIpc) is 2.55. The van der Waals surface area contributed by atoms with Gasteiger partial charge in [0.1, 0.15) is 0 Å². The molecule has 1 aliphatic rings. The lowest BCUT2D eigenvalue weighted by atomic mass is 10.2. The Labute approximate surface area is 93.1 Å². The van der Waals surface area contributed by atoms with Crippen molar-refractivity contribution in [3.63, 3.8) is 0 Å². The first kappa shape index (κ1) is 11.8. The van der Waals surface area contributed by atoms with Gasteiger partial charge in [-0.3, -0.25) is 0 Å². The monoisotopic (exact) mass is 279 g/mol. The van der Waals surface area contributed by atoms with E-state index in [1.807, 2.05) is 13.8 Å². The Bertz CT molecular complexity index is 205. The Balaban J connectivity index is 0. The Morgan fingerprint density at radius 2 is 1.92 bits per heavy atom. The van der Waals surface area contributed by atoms with E-state index in [9.17, 15) is 0 Å². The van der Waals surface area contributed by atoms with Gasteiger partial charge in [-0.1, -0.05) is 32.0 Å². The second-order valence-corrected chi connectivity index (χ2v) is 2.33. The molecule has 2 rings (SSSR count). The lowest BCUT2D eigenvalue weighted by Crippen LogP contribution is -1.90. The van der Waals surface area contributed by atoms with E-state index >= 15 is 0 Å².